The Balaban J connectivity index is 0.000000729. The molecule has 6 N–H and O–H groups in total. The van der Waals surface area contributed by atoms with Gasteiger partial charge in [-0.3, -0.25) is 4.90 Å². The van der Waals surface area contributed by atoms with Crippen LogP contribution in [0, 0.1) is 6.92 Å². The normalized spacial score (nSPS) is 16.0. The van der Waals surface area contributed by atoms with Crippen LogP contribution in [0.4, 0.5) is 11.4 Å². The molecule has 2 aromatic rings. The van der Waals surface area contributed by atoms with Gasteiger partial charge in [-0.2, -0.15) is 17.7 Å². The molecule has 2 aromatic carbocycles. The number of methoxy groups -OCH3 is 1. The summed E-state index contributed by atoms with van der Waals surface area (Å²) in [5.41, 5.74) is 8.80. The second-order valence-corrected chi connectivity index (χ2v) is 11.0. The van der Waals surface area contributed by atoms with Crippen LogP contribution < -0.4 is 21.1 Å². The number of aliphatic hydroxyl groups excluding tert-OH is 2. The van der Waals surface area contributed by atoms with Crippen molar-refractivity contribution < 1.29 is 29.5 Å². The van der Waals surface area contributed by atoms with Gasteiger partial charge in [0.25, 0.3) is 0 Å². The van der Waals surface area contributed by atoms with E-state index in [0.29, 0.717) is 17.0 Å². The van der Waals surface area contributed by atoms with Crippen molar-refractivity contribution in [3.05, 3.63) is 83.0 Å². The Bertz CT molecular complexity index is 1160. The lowest BCUT2D eigenvalue weighted by molar-refractivity contribution is -0.847. The summed E-state index contributed by atoms with van der Waals surface area (Å²) in [5, 5.41) is 17.9. The number of fused-ring (bicyclic) bond motifs is 2. The molecule has 2 unspecified atom stereocenters. The van der Waals surface area contributed by atoms with Crippen molar-refractivity contribution in [2.75, 3.05) is 37.8 Å². The van der Waals surface area contributed by atoms with Gasteiger partial charge in [0.15, 0.2) is 5.76 Å². The topological polar surface area (TPSA) is 111 Å². The predicted octanol–water partition coefficient (Wildman–Crippen LogP) is 5.73. The fraction of sp³-hybridized carbons (Fsp3) is 0.471. The Labute approximate surface area is 263 Å². The predicted molar refractivity (Wildman–Crippen MR) is 181 cm³/mol. The molecule has 0 amide bonds. The zero-order valence-electron chi connectivity index (χ0n) is 27.3. The van der Waals surface area contributed by atoms with Crippen LogP contribution in [-0.2, 0) is 16.2 Å². The Hall–Kier alpha value is -2.79. The molecule has 0 fully saturated rings. The number of anilines is 1. The monoisotopic (exact) mass is 616 g/mol. The van der Waals surface area contributed by atoms with E-state index < -0.39 is 0 Å². The number of nitrogens with two attached hydrogens (primary N) is 1. The van der Waals surface area contributed by atoms with Crippen molar-refractivity contribution in [3.63, 3.8) is 0 Å². The summed E-state index contributed by atoms with van der Waals surface area (Å²) in [6, 6.07) is 12.1. The number of hydrogen-bond donors (Lipinski definition) is 5. The first kappa shape index (κ1) is 38.2. The van der Waals surface area contributed by atoms with E-state index in [0.717, 1.165) is 54.2 Å². The lowest BCUT2D eigenvalue weighted by Gasteiger charge is -2.35. The van der Waals surface area contributed by atoms with E-state index >= 15 is 0 Å². The summed E-state index contributed by atoms with van der Waals surface area (Å²) in [4.78, 5) is 12.6. The van der Waals surface area contributed by atoms with Crippen LogP contribution in [0.5, 0.6) is 5.75 Å². The Morgan fingerprint density at radius 3 is 2.42 bits per heavy atom. The minimum Gasteiger partial charge on any atom is -0.412 e. The molecule has 8 nitrogen and oxygen atoms in total. The van der Waals surface area contributed by atoms with E-state index in [1.165, 1.54) is 10.6 Å². The molecule has 2 atom stereocenters. The molecular weight excluding hydrogens is 562 g/mol. The minimum atomic E-state index is -0.167. The molecule has 240 valence electrons. The first-order chi connectivity index (χ1) is 20.8. The second kappa shape index (κ2) is 21.8. The Morgan fingerprint density at radius 1 is 1.14 bits per heavy atom. The van der Waals surface area contributed by atoms with Crippen LogP contribution in [0.15, 0.2) is 66.3 Å². The summed E-state index contributed by atoms with van der Waals surface area (Å²) in [7, 11) is 1.71. The molecule has 1 aliphatic heterocycles. The maximum Gasteiger partial charge on any atom is 0.177 e. The zero-order valence-corrected chi connectivity index (χ0v) is 28.1. The number of benzene rings is 2. The maximum atomic E-state index is 9.85. The molecule has 0 radical (unpaired) electrons. The highest BCUT2D eigenvalue weighted by Gasteiger charge is 2.37. The number of para-hydroxylation sites is 1. The number of rotatable bonds is 11. The number of ether oxygens (including phenoxy) is 1. The van der Waals surface area contributed by atoms with Gasteiger partial charge < -0.3 is 24.6 Å². The van der Waals surface area contributed by atoms with E-state index in [1.54, 1.807) is 33.1 Å². The number of aliphatic hydroxyl groups is 2. The molecule has 1 heterocycles. The van der Waals surface area contributed by atoms with E-state index in [4.69, 9.17) is 25.4 Å². The lowest BCUT2D eigenvalue weighted by atomic mass is 9.90. The van der Waals surface area contributed by atoms with E-state index in [9.17, 15) is 5.11 Å². The van der Waals surface area contributed by atoms with Crippen LogP contribution in [-0.4, -0.2) is 54.6 Å². The Morgan fingerprint density at radius 2 is 1.84 bits per heavy atom. The van der Waals surface area contributed by atoms with Crippen LogP contribution >= 0.6 is 11.8 Å². The third-order valence-electron chi connectivity index (χ3n) is 6.34. The van der Waals surface area contributed by atoms with Crippen molar-refractivity contribution in [2.24, 2.45) is 5.90 Å². The fourth-order valence-electron chi connectivity index (χ4n) is 4.63. The van der Waals surface area contributed by atoms with Gasteiger partial charge in [-0.05, 0) is 81.2 Å². The fourth-order valence-corrected chi connectivity index (χ4v) is 5.06. The molecule has 9 heteroatoms. The van der Waals surface area contributed by atoms with Crippen LogP contribution in [0.25, 0.3) is 5.76 Å². The first-order valence-corrected chi connectivity index (χ1v) is 16.5. The second-order valence-electron chi connectivity index (χ2n) is 10.0. The van der Waals surface area contributed by atoms with Gasteiger partial charge in [0.2, 0.25) is 0 Å². The van der Waals surface area contributed by atoms with Crippen molar-refractivity contribution in [3.8, 4) is 5.75 Å². The van der Waals surface area contributed by atoms with Crippen molar-refractivity contribution >= 4 is 28.9 Å². The standard InChI is InChI=1S/C25H29N3O3S.C4H10O.C3H8O.C2H6/c1-17-14-19(30-26)15-18(16-29)24(17)27-31-25-20-8-3-5-10-22(20)28(12-7-13-32-2)23-11-6-4-9-21(23)25;1-3-4-5-2;1-3(2)4;1-2/h3-6,8-11,14-15,22,27,29H,7,12-13,16,26H2,1-2H3;3-4H2,1-2H3;3-4H,1-2H3;1-2H3/p+1. The van der Waals surface area contributed by atoms with E-state index in [-0.39, 0.29) is 18.8 Å². The minimum absolute atomic E-state index is 0.162. The van der Waals surface area contributed by atoms with Crippen molar-refractivity contribution in [1.82, 2.24) is 0 Å². The molecule has 0 bridgehead atoms. The highest BCUT2D eigenvalue weighted by molar-refractivity contribution is 7.98. The highest BCUT2D eigenvalue weighted by atomic mass is 32.2. The third-order valence-corrected chi connectivity index (χ3v) is 7.03. The summed E-state index contributed by atoms with van der Waals surface area (Å²) in [6.45, 7) is 13.2. The molecular formula is C34H54N3O5S+. The number of aryl methyl sites for hydroxylation is 1. The molecule has 1 aliphatic carbocycles. The van der Waals surface area contributed by atoms with Gasteiger partial charge >= 0.3 is 0 Å². The molecule has 43 heavy (non-hydrogen) atoms. The number of hydrogen-bond acceptors (Lipinski definition) is 8. The maximum absolute atomic E-state index is 9.85. The average Bonchev–Trinajstić information content (AvgIpc) is 3.02. The first-order valence-electron chi connectivity index (χ1n) is 15.1. The number of thioether (sulfide) groups is 1. The van der Waals surface area contributed by atoms with Gasteiger partial charge in [0.05, 0.1) is 30.0 Å². The zero-order chi connectivity index (χ0) is 32.2. The highest BCUT2D eigenvalue weighted by Crippen LogP contribution is 2.34. The molecule has 4 rings (SSSR count). The van der Waals surface area contributed by atoms with Gasteiger partial charge in [-0.1, -0.05) is 45.1 Å². The van der Waals surface area contributed by atoms with Crippen LogP contribution in [0.3, 0.4) is 0 Å². The SMILES string of the molecule is CC.CC(C)O.CCCOC.CSCCC[NH+]1c2ccccc2C(ONc2c(C)cc(ON)cc2CO)=C2C=CC=CC21. The number of nitrogens with one attached hydrogen (secondary N) is 2. The summed E-state index contributed by atoms with van der Waals surface area (Å²) >= 11 is 1.89. The van der Waals surface area contributed by atoms with Gasteiger partial charge in [0.1, 0.15) is 17.5 Å². The molecule has 0 saturated heterocycles. The smallest absolute Gasteiger partial charge is 0.177 e. The van der Waals surface area contributed by atoms with Crippen LogP contribution in [0.1, 0.15) is 64.2 Å². The average molecular weight is 617 g/mol. The molecule has 0 saturated carbocycles. The summed E-state index contributed by atoms with van der Waals surface area (Å²) < 4.78 is 4.69. The van der Waals surface area contributed by atoms with Crippen LogP contribution in [0.2, 0.25) is 0 Å². The molecule has 0 aromatic heterocycles. The third kappa shape index (κ3) is 12.0. The lowest BCUT2D eigenvalue weighted by Crippen LogP contribution is -3.12. The number of allylic oxidation sites excluding steroid dienone is 2. The quantitative estimate of drug-likeness (QED) is 0.161. The number of quaternary nitrogens is 1. The summed E-state index contributed by atoms with van der Waals surface area (Å²) in [5.74, 6) is 7.75. The van der Waals surface area contributed by atoms with E-state index in [2.05, 4.69) is 61.2 Å². The largest absolute Gasteiger partial charge is 0.412 e. The van der Waals surface area contributed by atoms with Gasteiger partial charge in [-0.15, -0.1) is 0 Å². The van der Waals surface area contributed by atoms with Crippen molar-refractivity contribution in [1.29, 1.82) is 0 Å². The Kier molecular flexibility index (Phi) is 19.4. The summed E-state index contributed by atoms with van der Waals surface area (Å²) in [6.07, 6.45) is 12.8. The molecule has 0 spiro atoms. The van der Waals surface area contributed by atoms with Gasteiger partial charge in [-0.25, -0.2) is 5.48 Å². The van der Waals surface area contributed by atoms with Gasteiger partial charge in [0, 0.05) is 31.8 Å². The van der Waals surface area contributed by atoms with Crippen molar-refractivity contribution in [2.45, 2.75) is 73.1 Å². The van der Waals surface area contributed by atoms with E-state index in [1.807, 2.05) is 38.6 Å². The molecule has 2 aliphatic rings.